The summed E-state index contributed by atoms with van der Waals surface area (Å²) >= 11 is 3.45. The van der Waals surface area contributed by atoms with Crippen molar-refractivity contribution >= 4 is 33.7 Å². The van der Waals surface area contributed by atoms with E-state index in [1.807, 2.05) is 0 Å². The molecule has 1 aliphatic rings. The van der Waals surface area contributed by atoms with Crippen LogP contribution < -0.4 is 10.1 Å². The molecule has 1 heterocycles. The van der Waals surface area contributed by atoms with Crippen LogP contribution in [0.3, 0.4) is 0 Å². The molecule has 1 aliphatic heterocycles. The molecule has 0 radical (unpaired) electrons. The smallest absolute Gasteiger partial charge is 0.308 e. The zero-order valence-corrected chi connectivity index (χ0v) is 18.1. The van der Waals surface area contributed by atoms with E-state index in [9.17, 15) is 14.4 Å². The summed E-state index contributed by atoms with van der Waals surface area (Å²) in [6, 6.07) is 4.22. The van der Waals surface area contributed by atoms with Crippen molar-refractivity contribution in [3.05, 3.63) is 28.2 Å². The molecular weight excluding hydrogens is 428 g/mol. The monoisotopic (exact) mass is 454 g/mol. The van der Waals surface area contributed by atoms with Crippen LogP contribution in [0.4, 0.5) is 0 Å². The fraction of sp³-hybridized carbons (Fsp3) is 0.550. The van der Waals surface area contributed by atoms with Crippen molar-refractivity contribution in [3.8, 4) is 5.75 Å². The zero-order chi connectivity index (χ0) is 20.7. The van der Waals surface area contributed by atoms with E-state index in [1.165, 1.54) is 4.90 Å². The number of rotatable bonds is 8. The maximum Gasteiger partial charge on any atom is 0.308 e. The van der Waals surface area contributed by atoms with Crippen molar-refractivity contribution < 1.29 is 23.9 Å². The molecule has 1 aromatic rings. The molecule has 7 nitrogen and oxygen atoms in total. The quantitative estimate of drug-likeness (QED) is 0.610. The number of carbonyl (C=O) groups is 3. The van der Waals surface area contributed by atoms with E-state index in [-0.39, 0.29) is 24.8 Å². The molecule has 8 heteroatoms. The van der Waals surface area contributed by atoms with Gasteiger partial charge < -0.3 is 19.7 Å². The number of ether oxygens (including phenoxy) is 2. The summed E-state index contributed by atoms with van der Waals surface area (Å²) in [6.07, 6.45) is 0.772. The van der Waals surface area contributed by atoms with Gasteiger partial charge in [-0.05, 0) is 53.4 Å². The summed E-state index contributed by atoms with van der Waals surface area (Å²) in [4.78, 5) is 38.5. The molecule has 28 heavy (non-hydrogen) atoms. The number of hydrogen-bond donors (Lipinski definition) is 1. The normalized spacial score (nSPS) is 16.7. The molecule has 1 unspecified atom stereocenters. The number of hydrogen-bond acceptors (Lipinski definition) is 5. The molecule has 1 N–H and O–H groups in total. The maximum absolute atomic E-state index is 13.0. The highest BCUT2D eigenvalue weighted by Gasteiger charge is 2.35. The van der Waals surface area contributed by atoms with Crippen LogP contribution in [-0.4, -0.2) is 55.0 Å². The molecule has 0 saturated carbocycles. The van der Waals surface area contributed by atoms with Crippen LogP contribution in [0.5, 0.6) is 5.75 Å². The highest BCUT2D eigenvalue weighted by Crippen LogP contribution is 2.27. The van der Waals surface area contributed by atoms with Gasteiger partial charge in [-0.2, -0.15) is 0 Å². The standard InChI is InChI=1S/C20H27BrN2O5/c1-4-27-18(24)12-16-19(25)22-8-9-23(16)20(26)14-5-6-17(15(21)11-14)28-10-7-13(2)3/h5-6,11,13,16H,4,7-10,12H2,1-3H3,(H,22,25). The number of carbonyl (C=O) groups excluding carboxylic acids is 3. The minimum atomic E-state index is -0.874. The van der Waals surface area contributed by atoms with E-state index in [0.717, 1.165) is 6.42 Å². The minimum Gasteiger partial charge on any atom is -0.492 e. The number of esters is 1. The van der Waals surface area contributed by atoms with Crippen LogP contribution >= 0.6 is 15.9 Å². The summed E-state index contributed by atoms with van der Waals surface area (Å²) < 4.78 is 11.4. The lowest BCUT2D eigenvalue weighted by molar-refractivity contribution is -0.147. The molecule has 0 aromatic heterocycles. The number of nitrogens with zero attached hydrogens (tertiary/aromatic N) is 1. The Kier molecular flexibility index (Phi) is 8.29. The first kappa shape index (κ1) is 22.2. The number of halogens is 1. The third-order valence-corrected chi connectivity index (χ3v) is 5.01. The third-order valence-electron chi connectivity index (χ3n) is 4.39. The van der Waals surface area contributed by atoms with Gasteiger partial charge in [-0.1, -0.05) is 13.8 Å². The highest BCUT2D eigenvalue weighted by molar-refractivity contribution is 9.10. The zero-order valence-electron chi connectivity index (χ0n) is 16.5. The average molecular weight is 455 g/mol. The van der Waals surface area contributed by atoms with Gasteiger partial charge in [0.2, 0.25) is 5.91 Å². The van der Waals surface area contributed by atoms with E-state index < -0.39 is 12.0 Å². The minimum absolute atomic E-state index is 0.164. The Balaban J connectivity index is 2.12. The van der Waals surface area contributed by atoms with Crippen LogP contribution in [-0.2, 0) is 14.3 Å². The van der Waals surface area contributed by atoms with Crippen LogP contribution in [0.1, 0.15) is 44.0 Å². The summed E-state index contributed by atoms with van der Waals surface area (Å²) in [5.41, 5.74) is 0.423. The molecule has 1 saturated heterocycles. The molecule has 1 atom stereocenters. The summed E-state index contributed by atoms with van der Waals surface area (Å²) in [5, 5.41) is 2.70. The van der Waals surface area contributed by atoms with Crippen molar-refractivity contribution in [2.24, 2.45) is 5.92 Å². The largest absolute Gasteiger partial charge is 0.492 e. The molecule has 2 amide bonds. The molecule has 154 valence electrons. The van der Waals surface area contributed by atoms with Gasteiger partial charge in [0.05, 0.1) is 24.1 Å². The van der Waals surface area contributed by atoms with Gasteiger partial charge >= 0.3 is 5.97 Å². The van der Waals surface area contributed by atoms with Gasteiger partial charge in [-0.15, -0.1) is 0 Å². The number of amides is 2. The Labute approximate surface area is 173 Å². The number of piperazine rings is 1. The highest BCUT2D eigenvalue weighted by atomic mass is 79.9. The van der Waals surface area contributed by atoms with Crippen LogP contribution in [0.15, 0.2) is 22.7 Å². The van der Waals surface area contributed by atoms with Crippen molar-refractivity contribution in [2.45, 2.75) is 39.7 Å². The Morgan fingerprint density at radius 2 is 2.11 bits per heavy atom. The van der Waals surface area contributed by atoms with Crippen LogP contribution in [0.25, 0.3) is 0 Å². The predicted octanol–water partition coefficient (Wildman–Crippen LogP) is 2.77. The first-order chi connectivity index (χ1) is 13.3. The Morgan fingerprint density at radius 1 is 1.36 bits per heavy atom. The second kappa shape index (κ2) is 10.5. The second-order valence-electron chi connectivity index (χ2n) is 6.99. The van der Waals surface area contributed by atoms with Gasteiger partial charge in [0.25, 0.3) is 5.91 Å². The molecule has 2 rings (SSSR count). The van der Waals surface area contributed by atoms with Gasteiger partial charge in [0, 0.05) is 18.7 Å². The van der Waals surface area contributed by atoms with Gasteiger partial charge in [0.15, 0.2) is 0 Å². The van der Waals surface area contributed by atoms with Crippen molar-refractivity contribution in [3.63, 3.8) is 0 Å². The predicted molar refractivity (Wildman–Crippen MR) is 108 cm³/mol. The van der Waals surface area contributed by atoms with E-state index in [2.05, 4.69) is 35.1 Å². The van der Waals surface area contributed by atoms with E-state index in [0.29, 0.717) is 41.4 Å². The Bertz CT molecular complexity index is 723. The topological polar surface area (TPSA) is 84.9 Å². The van der Waals surface area contributed by atoms with Crippen LogP contribution in [0, 0.1) is 5.92 Å². The summed E-state index contributed by atoms with van der Waals surface area (Å²) in [5.74, 6) is 0.0502. The van der Waals surface area contributed by atoms with Gasteiger partial charge in [-0.3, -0.25) is 14.4 Å². The molecule has 0 bridgehead atoms. The molecule has 1 aromatic carbocycles. The maximum atomic E-state index is 13.0. The second-order valence-corrected chi connectivity index (χ2v) is 7.85. The molecule has 1 fully saturated rings. The van der Waals surface area contributed by atoms with Crippen molar-refractivity contribution in [2.75, 3.05) is 26.3 Å². The van der Waals surface area contributed by atoms with Crippen molar-refractivity contribution in [1.29, 1.82) is 0 Å². The van der Waals surface area contributed by atoms with E-state index in [1.54, 1.807) is 25.1 Å². The van der Waals surface area contributed by atoms with Crippen molar-refractivity contribution in [1.82, 2.24) is 10.2 Å². The molecular formula is C20H27BrN2O5. The summed E-state index contributed by atoms with van der Waals surface area (Å²) in [6.45, 7) is 7.46. The first-order valence-corrected chi connectivity index (χ1v) is 10.3. The molecule has 0 spiro atoms. The van der Waals surface area contributed by atoms with Crippen LogP contribution in [0.2, 0.25) is 0 Å². The SMILES string of the molecule is CCOC(=O)CC1C(=O)NCCN1C(=O)c1ccc(OCCC(C)C)c(Br)c1. The fourth-order valence-electron chi connectivity index (χ4n) is 2.86. The lowest BCUT2D eigenvalue weighted by Crippen LogP contribution is -2.57. The molecule has 0 aliphatic carbocycles. The van der Waals surface area contributed by atoms with Gasteiger partial charge in [0.1, 0.15) is 11.8 Å². The first-order valence-electron chi connectivity index (χ1n) is 9.50. The lowest BCUT2D eigenvalue weighted by atomic mass is 10.1. The Hall–Kier alpha value is -2.09. The van der Waals surface area contributed by atoms with E-state index >= 15 is 0 Å². The average Bonchev–Trinajstić information content (AvgIpc) is 2.64. The number of nitrogens with one attached hydrogen (secondary N) is 1. The van der Waals surface area contributed by atoms with Gasteiger partial charge in [-0.25, -0.2) is 0 Å². The Morgan fingerprint density at radius 3 is 2.75 bits per heavy atom. The number of benzene rings is 1. The van der Waals surface area contributed by atoms with E-state index in [4.69, 9.17) is 9.47 Å². The third kappa shape index (κ3) is 5.95. The fourth-order valence-corrected chi connectivity index (χ4v) is 3.35. The lowest BCUT2D eigenvalue weighted by Gasteiger charge is -2.34. The summed E-state index contributed by atoms with van der Waals surface area (Å²) in [7, 11) is 0.